The summed E-state index contributed by atoms with van der Waals surface area (Å²) in [5.74, 6) is 0. The van der Waals surface area contributed by atoms with Crippen LogP contribution in [-0.4, -0.2) is 14.8 Å². The van der Waals surface area contributed by atoms with Crippen LogP contribution in [0, 0.1) is 6.92 Å². The lowest BCUT2D eigenvalue weighted by Crippen LogP contribution is -2.00. The quantitative estimate of drug-likeness (QED) is 0.798. The predicted octanol–water partition coefficient (Wildman–Crippen LogP) is 2.76. The van der Waals surface area contributed by atoms with Gasteiger partial charge in [0.1, 0.15) is 0 Å². The van der Waals surface area contributed by atoms with Gasteiger partial charge in [0.25, 0.3) is 0 Å². The van der Waals surface area contributed by atoms with E-state index in [-0.39, 0.29) is 0 Å². The highest BCUT2D eigenvalue weighted by atomic mass is 32.1. The Morgan fingerprint density at radius 3 is 2.67 bits per heavy atom. The molecule has 15 heavy (non-hydrogen) atoms. The topological polar surface area (TPSA) is 30.7 Å². The summed E-state index contributed by atoms with van der Waals surface area (Å²) in [6.45, 7) is 6.28. The maximum Gasteiger partial charge on any atom is 0.210 e. The molecule has 2 aromatic rings. The number of thiazole rings is 1. The highest BCUT2D eigenvalue weighted by Gasteiger charge is 2.09. The number of hydrogen-bond acceptors (Lipinski definition) is 3. The number of rotatable bonds is 3. The van der Waals surface area contributed by atoms with E-state index in [9.17, 15) is 0 Å². The zero-order valence-corrected chi connectivity index (χ0v) is 10.1. The fourth-order valence-corrected chi connectivity index (χ4v) is 2.29. The smallest absolute Gasteiger partial charge is 0.210 e. The lowest BCUT2D eigenvalue weighted by atomic mass is 10.3. The molecule has 2 rings (SSSR count). The van der Waals surface area contributed by atoms with Crippen molar-refractivity contribution in [3.63, 3.8) is 0 Å². The van der Waals surface area contributed by atoms with Crippen LogP contribution in [0.2, 0.25) is 0 Å². The van der Waals surface area contributed by atoms with Crippen molar-refractivity contribution in [3.05, 3.63) is 28.5 Å². The Morgan fingerprint density at radius 2 is 2.13 bits per heavy atom. The first-order valence-electron chi connectivity index (χ1n) is 5.25. The third kappa shape index (κ3) is 1.95. The molecule has 0 aliphatic heterocycles. The Labute approximate surface area is 93.8 Å². The molecule has 0 saturated carbocycles. The second-order valence-corrected chi connectivity index (χ2v) is 4.35. The van der Waals surface area contributed by atoms with E-state index in [0.29, 0.717) is 0 Å². The first-order chi connectivity index (χ1) is 7.24. The summed E-state index contributed by atoms with van der Waals surface area (Å²) in [4.78, 5) is 4.46. The first-order valence-corrected chi connectivity index (χ1v) is 6.12. The molecule has 2 aromatic heterocycles. The van der Waals surface area contributed by atoms with E-state index < -0.39 is 0 Å². The van der Waals surface area contributed by atoms with Crippen LogP contribution < -0.4 is 0 Å². The molecule has 0 radical (unpaired) electrons. The monoisotopic (exact) mass is 221 g/mol. The molecule has 0 aliphatic carbocycles. The van der Waals surface area contributed by atoms with Gasteiger partial charge in [0.2, 0.25) is 5.13 Å². The summed E-state index contributed by atoms with van der Waals surface area (Å²) in [6, 6.07) is 2.16. The number of aromatic nitrogens is 3. The summed E-state index contributed by atoms with van der Waals surface area (Å²) in [5, 5.41) is 7.58. The minimum absolute atomic E-state index is 0.976. The van der Waals surface area contributed by atoms with Crippen LogP contribution in [0.15, 0.2) is 11.4 Å². The van der Waals surface area contributed by atoms with Gasteiger partial charge in [-0.25, -0.2) is 9.67 Å². The van der Waals surface area contributed by atoms with Gasteiger partial charge >= 0.3 is 0 Å². The van der Waals surface area contributed by atoms with Crippen LogP contribution in [0.1, 0.15) is 30.9 Å². The van der Waals surface area contributed by atoms with E-state index in [4.69, 9.17) is 0 Å². The third-order valence-corrected chi connectivity index (χ3v) is 3.28. The molecule has 0 amide bonds. The van der Waals surface area contributed by atoms with E-state index in [1.807, 2.05) is 11.6 Å². The normalized spacial score (nSPS) is 10.9. The van der Waals surface area contributed by atoms with E-state index in [0.717, 1.165) is 29.4 Å². The largest absolute Gasteiger partial charge is 0.224 e. The van der Waals surface area contributed by atoms with Crippen molar-refractivity contribution in [3.8, 4) is 5.13 Å². The fraction of sp³-hybridized carbons (Fsp3) is 0.455. The molecule has 0 atom stereocenters. The highest BCUT2D eigenvalue weighted by Crippen LogP contribution is 2.17. The summed E-state index contributed by atoms with van der Waals surface area (Å²) in [6.07, 6.45) is 1.97. The summed E-state index contributed by atoms with van der Waals surface area (Å²) in [7, 11) is 0. The van der Waals surface area contributed by atoms with Crippen molar-refractivity contribution in [2.24, 2.45) is 0 Å². The molecule has 2 heterocycles. The molecule has 0 aliphatic rings. The molecule has 80 valence electrons. The summed E-state index contributed by atoms with van der Waals surface area (Å²) < 4.78 is 1.97. The van der Waals surface area contributed by atoms with Crippen LogP contribution in [0.25, 0.3) is 5.13 Å². The highest BCUT2D eigenvalue weighted by molar-refractivity contribution is 7.12. The Morgan fingerprint density at radius 1 is 1.33 bits per heavy atom. The Hall–Kier alpha value is -1.16. The molecule has 3 nitrogen and oxygen atoms in total. The minimum atomic E-state index is 0.976. The molecule has 0 saturated heterocycles. The zero-order chi connectivity index (χ0) is 10.8. The van der Waals surface area contributed by atoms with Gasteiger partial charge in [0.15, 0.2) is 0 Å². The van der Waals surface area contributed by atoms with E-state index in [2.05, 4.69) is 35.4 Å². The van der Waals surface area contributed by atoms with E-state index in [1.54, 1.807) is 11.3 Å². The van der Waals surface area contributed by atoms with Crippen molar-refractivity contribution in [1.82, 2.24) is 14.8 Å². The van der Waals surface area contributed by atoms with Gasteiger partial charge in [0, 0.05) is 11.1 Å². The molecular formula is C11H15N3S. The second-order valence-electron chi connectivity index (χ2n) is 3.52. The van der Waals surface area contributed by atoms with Crippen molar-refractivity contribution < 1.29 is 0 Å². The van der Waals surface area contributed by atoms with Crippen molar-refractivity contribution in [1.29, 1.82) is 0 Å². The second kappa shape index (κ2) is 4.14. The van der Waals surface area contributed by atoms with Crippen molar-refractivity contribution in [2.75, 3.05) is 0 Å². The molecule has 0 spiro atoms. The molecular weight excluding hydrogens is 206 g/mol. The summed E-state index contributed by atoms with van der Waals surface area (Å²) >= 11 is 1.65. The zero-order valence-electron chi connectivity index (χ0n) is 9.32. The maximum atomic E-state index is 4.55. The Bertz CT molecular complexity index is 456. The van der Waals surface area contributed by atoms with Crippen molar-refractivity contribution in [2.45, 2.75) is 33.6 Å². The summed E-state index contributed by atoms with van der Waals surface area (Å²) in [5.41, 5.74) is 3.44. The molecule has 0 aromatic carbocycles. The van der Waals surface area contributed by atoms with Gasteiger partial charge in [-0.3, -0.25) is 0 Å². The van der Waals surface area contributed by atoms with Crippen LogP contribution >= 0.6 is 11.3 Å². The van der Waals surface area contributed by atoms with Crippen LogP contribution in [0.3, 0.4) is 0 Å². The predicted molar refractivity (Wildman–Crippen MR) is 62.7 cm³/mol. The first kappa shape index (κ1) is 10.4. The fourth-order valence-electron chi connectivity index (χ4n) is 1.50. The van der Waals surface area contributed by atoms with Gasteiger partial charge in [-0.15, -0.1) is 11.3 Å². The van der Waals surface area contributed by atoms with Crippen LogP contribution in [-0.2, 0) is 12.8 Å². The number of nitrogens with zero attached hydrogens (tertiary/aromatic N) is 3. The van der Waals surface area contributed by atoms with Crippen LogP contribution in [0.5, 0.6) is 0 Å². The molecule has 0 unspecified atom stereocenters. The Balaban J connectivity index is 2.46. The third-order valence-electron chi connectivity index (χ3n) is 2.35. The maximum absolute atomic E-state index is 4.55. The average molecular weight is 221 g/mol. The van der Waals surface area contributed by atoms with Gasteiger partial charge in [-0.05, 0) is 25.8 Å². The lowest BCUT2D eigenvalue weighted by Gasteiger charge is -1.99. The standard InChI is InChI=1S/C11H15N3S/c1-4-9-6-10(5-2)14(13-9)11-12-8(3)7-15-11/h6-7H,4-5H2,1-3H3. The lowest BCUT2D eigenvalue weighted by molar-refractivity contribution is 0.785. The molecule has 0 fully saturated rings. The number of aryl methyl sites for hydroxylation is 3. The molecule has 0 N–H and O–H groups in total. The van der Waals surface area contributed by atoms with E-state index >= 15 is 0 Å². The van der Waals surface area contributed by atoms with Gasteiger partial charge in [0.05, 0.1) is 11.4 Å². The van der Waals surface area contributed by atoms with Gasteiger partial charge in [-0.2, -0.15) is 5.10 Å². The molecule has 4 heteroatoms. The Kier molecular flexibility index (Phi) is 2.86. The van der Waals surface area contributed by atoms with Gasteiger partial charge < -0.3 is 0 Å². The average Bonchev–Trinajstić information content (AvgIpc) is 2.82. The SMILES string of the molecule is CCc1cc(CC)n(-c2nc(C)cs2)n1. The minimum Gasteiger partial charge on any atom is -0.224 e. The van der Waals surface area contributed by atoms with E-state index in [1.165, 1.54) is 5.69 Å². The van der Waals surface area contributed by atoms with Gasteiger partial charge in [-0.1, -0.05) is 13.8 Å². The number of hydrogen-bond donors (Lipinski definition) is 0. The van der Waals surface area contributed by atoms with Crippen molar-refractivity contribution >= 4 is 11.3 Å². The molecule has 0 bridgehead atoms. The van der Waals surface area contributed by atoms with Crippen LogP contribution in [0.4, 0.5) is 0 Å².